The number of aliphatic hydroxyl groups is 1. The van der Waals surface area contributed by atoms with E-state index < -0.39 is 28.6 Å². The molecule has 200 valence electrons. The van der Waals surface area contributed by atoms with Gasteiger partial charge in [-0.3, -0.25) is 14.4 Å². The van der Waals surface area contributed by atoms with Crippen LogP contribution < -0.4 is 4.90 Å². The van der Waals surface area contributed by atoms with Crippen LogP contribution in [0, 0.1) is 11.8 Å². The number of thioether (sulfide) groups is 1. The maximum Gasteiger partial charge on any atom is 0.310 e. The fourth-order valence-corrected chi connectivity index (χ4v) is 9.63. The average Bonchev–Trinajstić information content (AvgIpc) is 3.46. The van der Waals surface area contributed by atoms with Gasteiger partial charge in [0.1, 0.15) is 6.04 Å². The lowest BCUT2D eigenvalue weighted by Crippen LogP contribution is -2.56. The Morgan fingerprint density at radius 3 is 2.65 bits per heavy atom. The Morgan fingerprint density at radius 2 is 2.00 bits per heavy atom. The number of β-amino-alcohol motifs (C(OH)–C–C–N with tert-alkyl or cyclic N) is 1. The summed E-state index contributed by atoms with van der Waals surface area (Å²) in [5.41, 5.74) is 0.633. The first kappa shape index (κ1) is 28.2. The van der Waals surface area contributed by atoms with Gasteiger partial charge in [0.2, 0.25) is 5.91 Å². The van der Waals surface area contributed by atoms with E-state index >= 15 is 0 Å². The molecule has 1 spiro atoms. The zero-order valence-corrected chi connectivity index (χ0v) is 23.7. The number of anilines is 1. The number of halogens is 2. The molecular formula is C27H32BrClN2O5S. The molecule has 1 N–H and O–H groups in total. The summed E-state index contributed by atoms with van der Waals surface area (Å²) in [5.74, 6) is -2.27. The summed E-state index contributed by atoms with van der Waals surface area (Å²) in [6.07, 6.45) is 6.46. The number of benzene rings is 1. The first-order valence-electron chi connectivity index (χ1n) is 12.5. The molecule has 7 nitrogen and oxygen atoms in total. The number of carbonyl (C=O) groups is 3. The van der Waals surface area contributed by atoms with Crippen LogP contribution in [0.3, 0.4) is 0 Å². The highest BCUT2D eigenvalue weighted by Gasteiger charge is 2.76. The molecule has 1 aromatic rings. The molecule has 2 amide bonds. The van der Waals surface area contributed by atoms with Crippen LogP contribution in [0.5, 0.6) is 0 Å². The van der Waals surface area contributed by atoms with E-state index in [9.17, 15) is 19.5 Å². The second-order valence-electron chi connectivity index (χ2n) is 9.58. The van der Waals surface area contributed by atoms with E-state index in [1.165, 1.54) is 4.90 Å². The van der Waals surface area contributed by atoms with Crippen LogP contribution >= 0.6 is 39.3 Å². The van der Waals surface area contributed by atoms with Crippen molar-refractivity contribution in [3.8, 4) is 0 Å². The maximum absolute atomic E-state index is 14.2. The van der Waals surface area contributed by atoms with Crippen molar-refractivity contribution in [3.63, 3.8) is 0 Å². The second-order valence-corrected chi connectivity index (χ2v) is 12.7. The molecule has 0 aliphatic carbocycles. The molecule has 10 heteroatoms. The van der Waals surface area contributed by atoms with E-state index in [4.69, 9.17) is 16.3 Å². The van der Waals surface area contributed by atoms with Crippen LogP contribution in [0.2, 0.25) is 5.02 Å². The van der Waals surface area contributed by atoms with Crippen molar-refractivity contribution in [2.75, 3.05) is 31.2 Å². The normalized spacial score (nSPS) is 29.8. The van der Waals surface area contributed by atoms with E-state index in [0.29, 0.717) is 17.1 Å². The smallest absolute Gasteiger partial charge is 0.310 e. The van der Waals surface area contributed by atoms with Crippen molar-refractivity contribution in [1.29, 1.82) is 0 Å². The summed E-state index contributed by atoms with van der Waals surface area (Å²) in [5, 5.41) is 10.2. The Balaban J connectivity index is 1.66. The third kappa shape index (κ3) is 5.12. The van der Waals surface area contributed by atoms with Gasteiger partial charge in [0, 0.05) is 33.9 Å². The van der Waals surface area contributed by atoms with Gasteiger partial charge in [0.05, 0.1) is 29.8 Å². The van der Waals surface area contributed by atoms with Crippen LogP contribution in [-0.2, 0) is 19.1 Å². The van der Waals surface area contributed by atoms with Gasteiger partial charge in [0.15, 0.2) is 0 Å². The fraction of sp³-hybridized carbons (Fsp3) is 0.519. The lowest BCUT2D eigenvalue weighted by Gasteiger charge is -2.37. The number of rotatable bonds is 12. The summed E-state index contributed by atoms with van der Waals surface area (Å²) in [6, 6.07) is 6.08. The van der Waals surface area contributed by atoms with Crippen LogP contribution in [0.15, 0.2) is 49.6 Å². The molecule has 4 rings (SSSR count). The number of hydrogen-bond donors (Lipinski definition) is 1. The Bertz CT molecular complexity index is 1060. The lowest BCUT2D eigenvalue weighted by atomic mass is 9.71. The average molecular weight is 612 g/mol. The number of amides is 2. The first-order valence-corrected chi connectivity index (χ1v) is 14.7. The highest BCUT2D eigenvalue weighted by molar-refractivity contribution is 9.09. The summed E-state index contributed by atoms with van der Waals surface area (Å²) in [4.78, 5) is 44.4. The monoisotopic (exact) mass is 610 g/mol. The van der Waals surface area contributed by atoms with Crippen molar-refractivity contribution >= 4 is 62.8 Å². The zero-order chi connectivity index (χ0) is 26.7. The molecule has 3 heterocycles. The number of ether oxygens (including phenoxy) is 1. The largest absolute Gasteiger partial charge is 0.465 e. The quantitative estimate of drug-likeness (QED) is 0.165. The van der Waals surface area contributed by atoms with Gasteiger partial charge < -0.3 is 19.6 Å². The van der Waals surface area contributed by atoms with Crippen molar-refractivity contribution < 1.29 is 24.2 Å². The third-order valence-corrected chi connectivity index (χ3v) is 10.9. The van der Waals surface area contributed by atoms with Crippen LogP contribution in [0.25, 0.3) is 0 Å². The lowest BCUT2D eigenvalue weighted by molar-refractivity contribution is -0.154. The van der Waals surface area contributed by atoms with Crippen molar-refractivity contribution in [2.45, 2.75) is 46.5 Å². The van der Waals surface area contributed by atoms with Crippen LogP contribution in [-0.4, -0.2) is 75.0 Å². The van der Waals surface area contributed by atoms with E-state index in [1.807, 2.05) is 6.08 Å². The molecule has 0 aromatic heterocycles. The predicted octanol–water partition coefficient (Wildman–Crippen LogP) is 4.22. The van der Waals surface area contributed by atoms with Gasteiger partial charge in [-0.2, -0.15) is 0 Å². The summed E-state index contributed by atoms with van der Waals surface area (Å²) in [7, 11) is 0. The number of aliphatic hydroxyl groups excluding tert-OH is 1. The molecule has 0 radical (unpaired) electrons. The summed E-state index contributed by atoms with van der Waals surface area (Å²) >= 11 is 11.4. The number of alkyl halides is 1. The van der Waals surface area contributed by atoms with Crippen molar-refractivity contribution in [1.82, 2.24) is 4.90 Å². The minimum absolute atomic E-state index is 0.0114. The Hall–Kier alpha value is -1.81. The van der Waals surface area contributed by atoms with Gasteiger partial charge >= 0.3 is 5.97 Å². The SMILES string of the molecule is C=CCCCCOC(=O)[C@H]1[C@@H]2SC3(CC2Br)C(C(=O)N(CC=C)c2ccc(Cl)cc2)N(CCO)C(=O)[C@H]13. The molecule has 6 atom stereocenters. The Kier molecular flexibility index (Phi) is 9.09. The number of hydrogen-bond acceptors (Lipinski definition) is 6. The minimum Gasteiger partial charge on any atom is -0.465 e. The Morgan fingerprint density at radius 1 is 1.27 bits per heavy atom. The molecular weight excluding hydrogens is 580 g/mol. The topological polar surface area (TPSA) is 87.2 Å². The first-order chi connectivity index (χ1) is 17.8. The van der Waals surface area contributed by atoms with E-state index in [1.54, 1.807) is 47.0 Å². The van der Waals surface area contributed by atoms with Crippen molar-refractivity contribution in [2.24, 2.45) is 11.8 Å². The number of nitrogens with zero attached hydrogens (tertiary/aromatic N) is 2. The molecule has 3 fully saturated rings. The van der Waals surface area contributed by atoms with E-state index in [0.717, 1.165) is 19.3 Å². The highest BCUT2D eigenvalue weighted by Crippen LogP contribution is 2.68. The van der Waals surface area contributed by atoms with Crippen LogP contribution in [0.1, 0.15) is 25.7 Å². The molecule has 3 aliphatic heterocycles. The predicted molar refractivity (Wildman–Crippen MR) is 150 cm³/mol. The molecule has 1 aromatic carbocycles. The number of allylic oxidation sites excluding steroid dienone is 1. The number of likely N-dealkylation sites (tertiary alicyclic amines) is 1. The zero-order valence-electron chi connectivity index (χ0n) is 20.6. The summed E-state index contributed by atoms with van der Waals surface area (Å²) < 4.78 is 4.83. The third-order valence-electron chi connectivity index (χ3n) is 7.40. The van der Waals surface area contributed by atoms with E-state index in [-0.39, 0.29) is 48.2 Å². The summed E-state index contributed by atoms with van der Waals surface area (Å²) in [6.45, 7) is 7.76. The fourth-order valence-electron chi connectivity index (χ4n) is 5.91. The van der Waals surface area contributed by atoms with Gasteiger partial charge in [0.25, 0.3) is 5.91 Å². The van der Waals surface area contributed by atoms with Gasteiger partial charge in [-0.1, -0.05) is 39.7 Å². The highest BCUT2D eigenvalue weighted by atomic mass is 79.9. The second kappa shape index (κ2) is 11.9. The number of unbranched alkanes of at least 4 members (excludes halogenated alkanes) is 2. The van der Waals surface area contributed by atoms with Gasteiger partial charge in [-0.05, 0) is 49.9 Å². The Labute approximate surface area is 235 Å². The molecule has 3 aliphatic rings. The minimum atomic E-state index is -0.840. The standard InChI is InChI=1S/C27H32BrClN2O5S/c1-3-5-6-7-15-36-26(35)20-21-24(33)31(13-14-32)23(27(21)16-19(28)22(20)37-27)25(34)30(12-4-2)18-10-8-17(29)9-11-18/h3-4,8-11,19-23,32H,1-2,5-7,12-16H2/t19?,20-,21+,22-,23?,27?/m1/s1. The molecule has 2 bridgehead atoms. The molecule has 3 saturated heterocycles. The van der Waals surface area contributed by atoms with Crippen molar-refractivity contribution in [3.05, 3.63) is 54.6 Å². The molecule has 37 heavy (non-hydrogen) atoms. The molecule has 3 unspecified atom stereocenters. The van der Waals surface area contributed by atoms with Gasteiger partial charge in [-0.25, -0.2) is 0 Å². The maximum atomic E-state index is 14.2. The number of carbonyl (C=O) groups excluding carboxylic acids is 3. The number of fused-ring (bicyclic) bond motifs is 1. The molecule has 0 saturated carbocycles. The number of esters is 1. The van der Waals surface area contributed by atoms with E-state index in [2.05, 4.69) is 29.1 Å². The van der Waals surface area contributed by atoms with Gasteiger partial charge in [-0.15, -0.1) is 24.9 Å². The van der Waals surface area contributed by atoms with Crippen LogP contribution in [0.4, 0.5) is 5.69 Å².